The summed E-state index contributed by atoms with van der Waals surface area (Å²) in [6.07, 6.45) is 4.98. The fourth-order valence-corrected chi connectivity index (χ4v) is 3.04. The molecule has 3 rings (SSSR count). The number of carbonyl (C=O) groups is 1. The molecule has 1 saturated carbocycles. The van der Waals surface area contributed by atoms with Crippen LogP contribution in [0, 0.1) is 11.3 Å². The largest absolute Gasteiger partial charge is 0.495 e. The van der Waals surface area contributed by atoms with Crippen LogP contribution in [0.5, 0.6) is 11.5 Å². The van der Waals surface area contributed by atoms with Gasteiger partial charge in [0.1, 0.15) is 17.6 Å². The van der Waals surface area contributed by atoms with E-state index < -0.39 is 0 Å². The number of ether oxygens (including phenoxy) is 2. The summed E-state index contributed by atoms with van der Waals surface area (Å²) in [6.45, 7) is 0. The lowest BCUT2D eigenvalue weighted by Gasteiger charge is -2.29. The molecule has 26 heavy (non-hydrogen) atoms. The van der Waals surface area contributed by atoms with E-state index in [-0.39, 0.29) is 18.1 Å². The van der Waals surface area contributed by atoms with E-state index in [1.807, 2.05) is 0 Å². The van der Waals surface area contributed by atoms with E-state index in [1.165, 1.54) is 13.3 Å². The van der Waals surface area contributed by atoms with Crippen LogP contribution in [-0.2, 0) is 0 Å². The second-order valence-corrected chi connectivity index (χ2v) is 6.15. The number of amides is 1. The minimum Gasteiger partial charge on any atom is -0.495 e. The van der Waals surface area contributed by atoms with Crippen LogP contribution in [0.3, 0.4) is 0 Å². The van der Waals surface area contributed by atoms with Gasteiger partial charge in [-0.15, -0.1) is 5.10 Å². The fourth-order valence-electron chi connectivity index (χ4n) is 3.04. The molecule has 1 fully saturated rings. The Morgan fingerprint density at radius 3 is 2.73 bits per heavy atom. The zero-order valence-electron chi connectivity index (χ0n) is 14.5. The van der Waals surface area contributed by atoms with Crippen LogP contribution in [0.2, 0.25) is 0 Å². The van der Waals surface area contributed by atoms with Crippen LogP contribution in [-0.4, -0.2) is 35.4 Å². The Bertz CT molecular complexity index is 796. The van der Waals surface area contributed by atoms with Gasteiger partial charge >= 0.3 is 0 Å². The van der Waals surface area contributed by atoms with Gasteiger partial charge in [0.05, 0.1) is 18.8 Å². The topological polar surface area (TPSA) is 97.1 Å². The maximum atomic E-state index is 12.1. The van der Waals surface area contributed by atoms with Crippen LogP contribution >= 0.6 is 0 Å². The Labute approximate surface area is 152 Å². The zero-order valence-corrected chi connectivity index (χ0v) is 14.5. The third-order valence-corrected chi connectivity index (χ3v) is 4.41. The van der Waals surface area contributed by atoms with Gasteiger partial charge in [0.15, 0.2) is 5.69 Å². The van der Waals surface area contributed by atoms with Gasteiger partial charge in [0, 0.05) is 18.3 Å². The molecular formula is C19H20N4O3. The molecule has 1 aromatic heterocycles. The van der Waals surface area contributed by atoms with E-state index in [4.69, 9.17) is 14.7 Å². The number of nitrogens with one attached hydrogen (secondary N) is 1. The number of carbonyl (C=O) groups excluding carboxylic acids is 1. The third kappa shape index (κ3) is 4.28. The molecule has 0 radical (unpaired) electrons. The summed E-state index contributed by atoms with van der Waals surface area (Å²) in [5, 5.41) is 19.6. The highest BCUT2D eigenvalue weighted by molar-refractivity contribution is 5.92. The quantitative estimate of drug-likeness (QED) is 0.888. The van der Waals surface area contributed by atoms with Crippen molar-refractivity contribution in [2.75, 3.05) is 7.11 Å². The lowest BCUT2D eigenvalue weighted by atomic mass is 9.92. The molecule has 0 aliphatic heterocycles. The van der Waals surface area contributed by atoms with Crippen molar-refractivity contribution in [3.63, 3.8) is 0 Å². The molecule has 0 unspecified atom stereocenters. The minimum atomic E-state index is -0.195. The van der Waals surface area contributed by atoms with Gasteiger partial charge in [-0.05, 0) is 49.9 Å². The van der Waals surface area contributed by atoms with Crippen molar-refractivity contribution in [1.82, 2.24) is 15.5 Å². The maximum absolute atomic E-state index is 12.1. The number of hydrogen-bond acceptors (Lipinski definition) is 6. The van der Waals surface area contributed by atoms with Gasteiger partial charge in [0.2, 0.25) is 0 Å². The highest BCUT2D eigenvalue weighted by atomic mass is 16.5. The highest BCUT2D eigenvalue weighted by Crippen LogP contribution is 2.28. The molecule has 1 heterocycles. The van der Waals surface area contributed by atoms with E-state index in [1.54, 1.807) is 30.3 Å². The average molecular weight is 352 g/mol. The number of benzene rings is 1. The molecule has 7 nitrogen and oxygen atoms in total. The molecule has 7 heteroatoms. The second-order valence-electron chi connectivity index (χ2n) is 6.15. The van der Waals surface area contributed by atoms with Crippen LogP contribution in [0.15, 0.2) is 36.5 Å². The fraction of sp³-hybridized carbons (Fsp3) is 0.368. The molecule has 0 bridgehead atoms. The van der Waals surface area contributed by atoms with E-state index in [2.05, 4.69) is 21.6 Å². The molecule has 1 amide bonds. The van der Waals surface area contributed by atoms with Gasteiger partial charge in [0.25, 0.3) is 5.91 Å². The Hall–Kier alpha value is -3.14. The zero-order chi connectivity index (χ0) is 18.4. The van der Waals surface area contributed by atoms with E-state index >= 15 is 0 Å². The normalized spacial score (nSPS) is 19.2. The van der Waals surface area contributed by atoms with Crippen LogP contribution in [0.4, 0.5) is 0 Å². The summed E-state index contributed by atoms with van der Waals surface area (Å²) < 4.78 is 11.2. The van der Waals surface area contributed by atoms with Crippen molar-refractivity contribution in [1.29, 1.82) is 5.26 Å². The van der Waals surface area contributed by atoms with Crippen LogP contribution in [0.1, 0.15) is 41.7 Å². The van der Waals surface area contributed by atoms with Gasteiger partial charge in [-0.25, -0.2) is 0 Å². The molecule has 0 saturated heterocycles. The Kier molecular flexibility index (Phi) is 5.64. The maximum Gasteiger partial charge on any atom is 0.272 e. The van der Waals surface area contributed by atoms with Crippen molar-refractivity contribution >= 4 is 5.91 Å². The standard InChI is InChI=1S/C19H20N4O3/c1-25-18-11-16(7-4-13(18)12-20)26-15-8-5-14(6-9-15)22-19(24)17-3-2-10-21-23-17/h2-4,7,10-11,14-15H,5-6,8-9H2,1H3,(H,22,24). The number of rotatable bonds is 5. The number of aromatic nitrogens is 2. The molecule has 134 valence electrons. The van der Waals surface area contributed by atoms with E-state index in [9.17, 15) is 4.79 Å². The first kappa shape index (κ1) is 17.7. The molecule has 2 aromatic rings. The van der Waals surface area contributed by atoms with Crippen molar-refractivity contribution in [2.24, 2.45) is 0 Å². The van der Waals surface area contributed by atoms with E-state index in [0.29, 0.717) is 22.8 Å². The third-order valence-electron chi connectivity index (χ3n) is 4.41. The molecule has 1 aliphatic rings. The molecule has 1 N–H and O–H groups in total. The van der Waals surface area contributed by atoms with E-state index in [0.717, 1.165) is 25.7 Å². The predicted molar refractivity (Wildman–Crippen MR) is 93.9 cm³/mol. The smallest absolute Gasteiger partial charge is 0.272 e. The first-order chi connectivity index (χ1) is 12.7. The van der Waals surface area contributed by atoms with Gasteiger partial charge < -0.3 is 14.8 Å². The first-order valence-corrected chi connectivity index (χ1v) is 8.53. The molecule has 1 aliphatic carbocycles. The number of methoxy groups -OCH3 is 1. The van der Waals surface area contributed by atoms with Crippen molar-refractivity contribution in [3.05, 3.63) is 47.8 Å². The predicted octanol–water partition coefficient (Wildman–Crippen LogP) is 2.48. The van der Waals surface area contributed by atoms with Crippen molar-refractivity contribution in [2.45, 2.75) is 37.8 Å². The van der Waals surface area contributed by atoms with Crippen LogP contribution in [0.25, 0.3) is 0 Å². The lowest BCUT2D eigenvalue weighted by Crippen LogP contribution is -2.40. The monoisotopic (exact) mass is 352 g/mol. The summed E-state index contributed by atoms with van der Waals surface area (Å²) in [4.78, 5) is 12.1. The van der Waals surface area contributed by atoms with Gasteiger partial charge in [-0.2, -0.15) is 10.4 Å². The van der Waals surface area contributed by atoms with Gasteiger partial charge in [-0.1, -0.05) is 0 Å². The molecular weight excluding hydrogens is 332 g/mol. The summed E-state index contributed by atoms with van der Waals surface area (Å²) in [6, 6.07) is 10.7. The molecule has 0 atom stereocenters. The minimum absolute atomic E-state index is 0.0808. The van der Waals surface area contributed by atoms with Gasteiger partial charge in [-0.3, -0.25) is 4.79 Å². The summed E-state index contributed by atoms with van der Waals surface area (Å²) in [5.41, 5.74) is 0.811. The lowest BCUT2D eigenvalue weighted by molar-refractivity contribution is 0.0888. The number of nitriles is 1. The summed E-state index contributed by atoms with van der Waals surface area (Å²) >= 11 is 0. The number of nitrogens with zero attached hydrogens (tertiary/aromatic N) is 3. The Morgan fingerprint density at radius 2 is 2.08 bits per heavy atom. The number of hydrogen-bond donors (Lipinski definition) is 1. The molecule has 0 spiro atoms. The van der Waals surface area contributed by atoms with Crippen LogP contribution < -0.4 is 14.8 Å². The summed E-state index contributed by atoms with van der Waals surface area (Å²) in [7, 11) is 1.53. The van der Waals surface area contributed by atoms with Crippen molar-refractivity contribution < 1.29 is 14.3 Å². The van der Waals surface area contributed by atoms with Crippen molar-refractivity contribution in [3.8, 4) is 17.6 Å². The average Bonchev–Trinajstić information content (AvgIpc) is 2.70. The molecule has 1 aromatic carbocycles. The highest BCUT2D eigenvalue weighted by Gasteiger charge is 2.24. The Morgan fingerprint density at radius 1 is 1.27 bits per heavy atom. The second kappa shape index (κ2) is 8.30. The SMILES string of the molecule is COc1cc(OC2CCC(NC(=O)c3cccnn3)CC2)ccc1C#N. The summed E-state index contributed by atoms with van der Waals surface area (Å²) in [5.74, 6) is 1.00. The Balaban J connectivity index is 1.51. The first-order valence-electron chi connectivity index (χ1n) is 8.53.